The summed E-state index contributed by atoms with van der Waals surface area (Å²) in [6, 6.07) is 7.53. The summed E-state index contributed by atoms with van der Waals surface area (Å²) in [5.41, 5.74) is 4.26. The Morgan fingerprint density at radius 1 is 1.08 bits per heavy atom. The fourth-order valence-electron chi connectivity index (χ4n) is 1.61. The summed E-state index contributed by atoms with van der Waals surface area (Å²) in [6.45, 7) is -0.692. The van der Waals surface area contributed by atoms with Gasteiger partial charge in [0.05, 0.1) is 17.8 Å². The molecular weight excluding hydrogens is 373 g/mol. The van der Waals surface area contributed by atoms with Crippen molar-refractivity contribution in [2.24, 2.45) is 0 Å². The van der Waals surface area contributed by atoms with Crippen LogP contribution < -0.4 is 20.9 Å². The molecule has 0 fully saturated rings. The maximum Gasteiger partial charge on any atom is 0.305 e. The fraction of sp³-hybridized carbons (Fsp3) is 0.133. The van der Waals surface area contributed by atoms with Crippen LogP contribution in [-0.2, 0) is 9.59 Å². The highest BCUT2D eigenvalue weighted by molar-refractivity contribution is 6.35. The van der Waals surface area contributed by atoms with Crippen LogP contribution in [0.15, 0.2) is 41.0 Å². The molecule has 0 spiro atoms. The lowest BCUT2D eigenvalue weighted by molar-refractivity contribution is -0.127. The lowest BCUT2D eigenvalue weighted by Gasteiger charge is -2.09. The van der Waals surface area contributed by atoms with Crippen LogP contribution in [0.1, 0.15) is 10.6 Å². The van der Waals surface area contributed by atoms with Gasteiger partial charge < -0.3 is 14.5 Å². The van der Waals surface area contributed by atoms with E-state index in [-0.39, 0.29) is 29.7 Å². The first-order chi connectivity index (χ1) is 12.0. The molecule has 0 aliphatic carbocycles. The summed E-state index contributed by atoms with van der Waals surface area (Å²) < 4.78 is 10.1. The van der Waals surface area contributed by atoms with E-state index >= 15 is 0 Å². The van der Waals surface area contributed by atoms with Crippen molar-refractivity contribution < 1.29 is 23.5 Å². The van der Waals surface area contributed by atoms with Gasteiger partial charge in [-0.1, -0.05) is 23.2 Å². The minimum absolute atomic E-state index is 0.0394. The van der Waals surface area contributed by atoms with Gasteiger partial charge in [-0.15, -0.1) is 0 Å². The van der Waals surface area contributed by atoms with Gasteiger partial charge in [0.15, 0.2) is 12.4 Å². The van der Waals surface area contributed by atoms with Gasteiger partial charge in [0.2, 0.25) is 0 Å². The molecule has 0 saturated heterocycles. The van der Waals surface area contributed by atoms with Crippen molar-refractivity contribution in [2.45, 2.75) is 0 Å². The second-order valence-corrected chi connectivity index (χ2v) is 5.46. The van der Waals surface area contributed by atoms with E-state index in [2.05, 4.69) is 16.2 Å². The minimum Gasteiger partial charge on any atom is -0.482 e. The number of hydrazine groups is 1. The molecule has 2 rings (SSSR count). The predicted octanol–water partition coefficient (Wildman–Crippen LogP) is 1.54. The van der Waals surface area contributed by atoms with Crippen molar-refractivity contribution >= 4 is 40.9 Å². The molecule has 0 aliphatic heterocycles. The highest BCUT2D eigenvalue weighted by Gasteiger charge is 2.11. The Hall–Kier alpha value is -2.71. The third-order valence-corrected chi connectivity index (χ3v) is 3.29. The van der Waals surface area contributed by atoms with E-state index < -0.39 is 17.7 Å². The topological polar surface area (TPSA) is 110 Å². The summed E-state index contributed by atoms with van der Waals surface area (Å²) in [6.07, 6.45) is 1.32. The first-order valence-electron chi connectivity index (χ1n) is 6.93. The molecule has 8 nitrogen and oxygen atoms in total. The second kappa shape index (κ2) is 8.95. The molecule has 0 atom stereocenters. The zero-order valence-electron chi connectivity index (χ0n) is 12.7. The smallest absolute Gasteiger partial charge is 0.305 e. The van der Waals surface area contributed by atoms with E-state index in [0.29, 0.717) is 5.02 Å². The van der Waals surface area contributed by atoms with E-state index in [1.54, 1.807) is 6.07 Å². The average molecular weight is 386 g/mol. The Morgan fingerprint density at radius 2 is 1.88 bits per heavy atom. The van der Waals surface area contributed by atoms with E-state index in [1.165, 1.54) is 30.5 Å². The predicted molar refractivity (Wildman–Crippen MR) is 89.3 cm³/mol. The van der Waals surface area contributed by atoms with Gasteiger partial charge >= 0.3 is 5.91 Å². The first kappa shape index (κ1) is 18.6. The quantitative estimate of drug-likeness (QED) is 0.653. The molecule has 1 aromatic carbocycles. The molecule has 1 heterocycles. The summed E-state index contributed by atoms with van der Waals surface area (Å²) in [5, 5.41) is 3.02. The van der Waals surface area contributed by atoms with Crippen LogP contribution in [0.2, 0.25) is 10.0 Å². The highest BCUT2D eigenvalue weighted by atomic mass is 35.5. The van der Waals surface area contributed by atoms with Crippen LogP contribution in [0.3, 0.4) is 0 Å². The molecule has 0 aliphatic rings. The summed E-state index contributed by atoms with van der Waals surface area (Å²) in [7, 11) is 0. The van der Waals surface area contributed by atoms with Crippen molar-refractivity contribution in [1.82, 2.24) is 16.2 Å². The van der Waals surface area contributed by atoms with Gasteiger partial charge in [0, 0.05) is 5.02 Å². The van der Waals surface area contributed by atoms with Gasteiger partial charge in [-0.05, 0) is 30.3 Å². The third-order valence-electron chi connectivity index (χ3n) is 2.76. The molecule has 0 saturated carbocycles. The molecule has 0 bridgehead atoms. The van der Waals surface area contributed by atoms with Crippen LogP contribution in [0.5, 0.6) is 5.75 Å². The Balaban J connectivity index is 1.67. The number of carbonyl (C=O) groups excluding carboxylic acids is 3. The second-order valence-electron chi connectivity index (χ2n) is 4.62. The van der Waals surface area contributed by atoms with E-state index in [4.69, 9.17) is 32.4 Å². The Morgan fingerprint density at radius 3 is 2.56 bits per heavy atom. The van der Waals surface area contributed by atoms with Crippen LogP contribution in [0, 0.1) is 0 Å². The number of carbonyl (C=O) groups is 3. The van der Waals surface area contributed by atoms with Crippen molar-refractivity contribution in [3.8, 4) is 5.75 Å². The van der Waals surface area contributed by atoms with Gasteiger partial charge in [0.1, 0.15) is 5.75 Å². The lowest BCUT2D eigenvalue weighted by Crippen LogP contribution is -2.46. The molecule has 10 heteroatoms. The number of nitrogens with one attached hydrogen (secondary N) is 3. The molecule has 0 radical (unpaired) electrons. The Bertz CT molecular complexity index is 765. The number of rotatable bonds is 6. The van der Waals surface area contributed by atoms with Crippen molar-refractivity contribution in [3.05, 3.63) is 52.4 Å². The van der Waals surface area contributed by atoms with Gasteiger partial charge in [-0.3, -0.25) is 25.2 Å². The lowest BCUT2D eigenvalue weighted by atomic mass is 10.3. The summed E-state index contributed by atoms with van der Waals surface area (Å²) in [4.78, 5) is 34.7. The van der Waals surface area contributed by atoms with Crippen molar-refractivity contribution in [2.75, 3.05) is 13.2 Å². The summed E-state index contributed by atoms with van der Waals surface area (Å²) in [5.74, 6) is -1.46. The van der Waals surface area contributed by atoms with Crippen LogP contribution in [0.25, 0.3) is 0 Å². The van der Waals surface area contributed by atoms with E-state index in [0.717, 1.165) is 0 Å². The molecular formula is C15H13Cl2N3O5. The van der Waals surface area contributed by atoms with Gasteiger partial charge in [-0.25, -0.2) is 0 Å². The van der Waals surface area contributed by atoms with E-state index in [9.17, 15) is 14.4 Å². The standard InChI is InChI=1S/C15H13Cl2N3O5/c16-9-3-4-11(10(17)6-9)25-8-14(22)18-7-13(21)19-20-15(23)12-2-1-5-24-12/h1-6H,7-8H2,(H,18,22)(H,19,21)(H,20,23). The van der Waals surface area contributed by atoms with Gasteiger partial charge in [0.25, 0.3) is 11.8 Å². The molecule has 3 amide bonds. The number of furan rings is 1. The number of benzene rings is 1. The zero-order valence-corrected chi connectivity index (χ0v) is 14.2. The van der Waals surface area contributed by atoms with Crippen molar-refractivity contribution in [3.63, 3.8) is 0 Å². The maximum absolute atomic E-state index is 11.6. The molecule has 2 aromatic rings. The Kier molecular flexibility index (Phi) is 6.67. The normalized spacial score (nSPS) is 10.0. The number of hydrogen-bond donors (Lipinski definition) is 3. The SMILES string of the molecule is O=C(COc1ccc(Cl)cc1Cl)NCC(=O)NNC(=O)c1ccco1. The Labute approximate surface area is 152 Å². The van der Waals surface area contributed by atoms with Crippen LogP contribution in [-0.4, -0.2) is 30.9 Å². The number of hydrogen-bond acceptors (Lipinski definition) is 5. The number of halogens is 2. The molecule has 1 aromatic heterocycles. The summed E-state index contributed by atoms with van der Waals surface area (Å²) >= 11 is 11.6. The molecule has 0 unspecified atom stereocenters. The van der Waals surface area contributed by atoms with Gasteiger partial charge in [-0.2, -0.15) is 0 Å². The minimum atomic E-state index is -0.627. The largest absolute Gasteiger partial charge is 0.482 e. The monoisotopic (exact) mass is 385 g/mol. The fourth-order valence-corrected chi connectivity index (χ4v) is 2.07. The third kappa shape index (κ3) is 6.02. The van der Waals surface area contributed by atoms with Crippen molar-refractivity contribution in [1.29, 1.82) is 0 Å². The van der Waals surface area contributed by atoms with Crippen LogP contribution in [0.4, 0.5) is 0 Å². The molecule has 25 heavy (non-hydrogen) atoms. The number of amides is 3. The maximum atomic E-state index is 11.6. The van der Waals surface area contributed by atoms with E-state index in [1.807, 2.05) is 0 Å². The first-order valence-corrected chi connectivity index (χ1v) is 7.68. The molecule has 3 N–H and O–H groups in total. The molecule has 132 valence electrons. The number of ether oxygens (including phenoxy) is 1. The van der Waals surface area contributed by atoms with Crippen LogP contribution >= 0.6 is 23.2 Å². The highest BCUT2D eigenvalue weighted by Crippen LogP contribution is 2.27. The zero-order chi connectivity index (χ0) is 18.2. The average Bonchev–Trinajstić information content (AvgIpc) is 3.11.